The number of rotatable bonds is 7. The van der Waals surface area contributed by atoms with Gasteiger partial charge >= 0.3 is 0 Å². The molecule has 2 atom stereocenters. The van der Waals surface area contributed by atoms with Crippen molar-refractivity contribution < 1.29 is 19.1 Å². The summed E-state index contributed by atoms with van der Waals surface area (Å²) >= 11 is 0. The molecule has 7 nitrogen and oxygen atoms in total. The number of carbonyl (C=O) groups is 1. The van der Waals surface area contributed by atoms with Gasteiger partial charge in [-0.2, -0.15) is 5.26 Å². The van der Waals surface area contributed by atoms with Crippen molar-refractivity contribution in [3.05, 3.63) is 28.6 Å². The second-order valence-corrected chi connectivity index (χ2v) is 6.52. The van der Waals surface area contributed by atoms with Crippen molar-refractivity contribution in [2.75, 3.05) is 20.3 Å². The first-order valence-electron chi connectivity index (χ1n) is 8.84. The molecule has 2 rings (SSSR count). The Bertz CT molecular complexity index is 696. The average molecular weight is 361 g/mol. The van der Waals surface area contributed by atoms with Gasteiger partial charge in [-0.1, -0.05) is 0 Å². The minimum atomic E-state index is -0.573. The molecule has 2 unspecified atom stereocenters. The van der Waals surface area contributed by atoms with Crippen LogP contribution in [0.3, 0.4) is 0 Å². The number of carbonyl (C=O) groups excluding carboxylic acids is 1. The van der Waals surface area contributed by atoms with Crippen LogP contribution in [0.1, 0.15) is 49.2 Å². The highest BCUT2D eigenvalue weighted by atomic mass is 16.8. The van der Waals surface area contributed by atoms with E-state index in [1.165, 1.54) is 0 Å². The molecular weight excluding hydrogens is 334 g/mol. The number of hydrogen-bond acceptors (Lipinski definition) is 5. The lowest BCUT2D eigenvalue weighted by Crippen LogP contribution is -2.33. The van der Waals surface area contributed by atoms with Gasteiger partial charge in [0.15, 0.2) is 6.29 Å². The van der Waals surface area contributed by atoms with Crippen LogP contribution in [0.4, 0.5) is 0 Å². The zero-order valence-corrected chi connectivity index (χ0v) is 15.9. The molecule has 0 radical (unpaired) electrons. The Hall–Kier alpha value is -2.14. The van der Waals surface area contributed by atoms with Gasteiger partial charge in [0.05, 0.1) is 12.6 Å². The Morgan fingerprint density at radius 3 is 2.92 bits per heavy atom. The average Bonchev–Trinajstić information content (AvgIpc) is 2.92. The van der Waals surface area contributed by atoms with Crippen molar-refractivity contribution in [1.82, 2.24) is 10.0 Å². The SMILES string of the molecule is COCC(C)n1c(C)cc(/C=C(/C#N)C(=O)NOC2CCCCO2)c1C. The molecular formula is C19H27N3O4. The van der Waals surface area contributed by atoms with Gasteiger partial charge in [-0.3, -0.25) is 4.79 Å². The lowest BCUT2D eigenvalue weighted by atomic mass is 10.1. The summed E-state index contributed by atoms with van der Waals surface area (Å²) in [6, 6.07) is 4.06. The number of ether oxygens (including phenoxy) is 2. The maximum Gasteiger partial charge on any atom is 0.285 e. The van der Waals surface area contributed by atoms with Crippen LogP contribution in [0, 0.1) is 25.2 Å². The zero-order chi connectivity index (χ0) is 19.1. The molecule has 1 aromatic rings. The van der Waals surface area contributed by atoms with E-state index in [2.05, 4.69) is 17.0 Å². The summed E-state index contributed by atoms with van der Waals surface area (Å²) in [6.07, 6.45) is 3.84. The fraction of sp³-hybridized carbons (Fsp3) is 0.579. The first-order chi connectivity index (χ1) is 12.5. The second-order valence-electron chi connectivity index (χ2n) is 6.52. The van der Waals surface area contributed by atoms with E-state index in [1.807, 2.05) is 26.0 Å². The standard InChI is InChI=1S/C19H27N3O4/c1-13-9-16(15(3)22(13)14(2)12-24-4)10-17(11-20)19(23)21-26-18-7-5-6-8-25-18/h9-10,14,18H,5-8,12H2,1-4H3,(H,21,23)/b17-10-. The van der Waals surface area contributed by atoms with Crippen molar-refractivity contribution in [2.45, 2.75) is 52.4 Å². The maximum atomic E-state index is 12.3. The van der Waals surface area contributed by atoms with E-state index in [1.54, 1.807) is 13.2 Å². The molecule has 0 aromatic carbocycles. The van der Waals surface area contributed by atoms with Crippen molar-refractivity contribution in [3.63, 3.8) is 0 Å². The molecule has 0 saturated carbocycles. The van der Waals surface area contributed by atoms with Crippen LogP contribution in [0.2, 0.25) is 0 Å². The Morgan fingerprint density at radius 1 is 1.54 bits per heavy atom. The van der Waals surface area contributed by atoms with Gasteiger partial charge in [-0.15, -0.1) is 0 Å². The lowest BCUT2D eigenvalue weighted by Gasteiger charge is -2.21. The van der Waals surface area contributed by atoms with Crippen LogP contribution in [0.15, 0.2) is 11.6 Å². The monoisotopic (exact) mass is 361 g/mol. The number of nitrogens with one attached hydrogen (secondary N) is 1. The number of hydroxylamine groups is 1. The largest absolute Gasteiger partial charge is 0.383 e. The molecule has 142 valence electrons. The van der Waals surface area contributed by atoms with Gasteiger partial charge < -0.3 is 14.0 Å². The fourth-order valence-corrected chi connectivity index (χ4v) is 3.23. The molecule has 2 heterocycles. The summed E-state index contributed by atoms with van der Waals surface area (Å²) in [5, 5.41) is 9.36. The summed E-state index contributed by atoms with van der Waals surface area (Å²) in [5.41, 5.74) is 5.16. The van der Waals surface area contributed by atoms with E-state index in [9.17, 15) is 10.1 Å². The molecule has 7 heteroatoms. The topological polar surface area (TPSA) is 85.5 Å². The highest BCUT2D eigenvalue weighted by Crippen LogP contribution is 2.23. The summed E-state index contributed by atoms with van der Waals surface area (Å²) in [7, 11) is 1.67. The lowest BCUT2D eigenvalue weighted by molar-refractivity contribution is -0.198. The van der Waals surface area contributed by atoms with Crippen LogP contribution in [-0.4, -0.2) is 37.1 Å². The van der Waals surface area contributed by atoms with Crippen LogP contribution >= 0.6 is 0 Å². The van der Waals surface area contributed by atoms with E-state index in [0.717, 1.165) is 36.2 Å². The summed E-state index contributed by atoms with van der Waals surface area (Å²) in [4.78, 5) is 17.5. The quantitative estimate of drug-likeness (QED) is 0.458. The van der Waals surface area contributed by atoms with Gasteiger partial charge in [-0.25, -0.2) is 10.3 Å². The Labute approximate surface area is 154 Å². The number of nitrogens with zero attached hydrogens (tertiary/aromatic N) is 2. The van der Waals surface area contributed by atoms with E-state index in [4.69, 9.17) is 14.3 Å². The summed E-state index contributed by atoms with van der Waals surface area (Å²) in [6.45, 7) is 7.22. The van der Waals surface area contributed by atoms with Gasteiger partial charge in [0, 0.05) is 31.5 Å². The minimum Gasteiger partial charge on any atom is -0.383 e. The highest BCUT2D eigenvalue weighted by Gasteiger charge is 2.19. The van der Waals surface area contributed by atoms with Crippen LogP contribution in [-0.2, 0) is 19.1 Å². The van der Waals surface area contributed by atoms with Gasteiger partial charge in [0.1, 0.15) is 11.6 Å². The molecule has 1 aliphatic rings. The number of amides is 1. The predicted molar refractivity (Wildman–Crippen MR) is 96.9 cm³/mol. The second kappa shape index (κ2) is 9.53. The zero-order valence-electron chi connectivity index (χ0n) is 15.9. The third-order valence-corrected chi connectivity index (χ3v) is 4.46. The van der Waals surface area contributed by atoms with Gasteiger partial charge in [-0.05, 0) is 51.3 Å². The van der Waals surface area contributed by atoms with E-state index in [0.29, 0.717) is 13.2 Å². The summed E-state index contributed by atoms with van der Waals surface area (Å²) in [5.74, 6) is -0.573. The number of aromatic nitrogens is 1. The van der Waals surface area contributed by atoms with Crippen molar-refractivity contribution in [2.24, 2.45) is 0 Å². The third kappa shape index (κ3) is 4.94. The molecule has 0 aliphatic carbocycles. The first-order valence-corrected chi connectivity index (χ1v) is 8.84. The molecule has 1 N–H and O–H groups in total. The third-order valence-electron chi connectivity index (χ3n) is 4.46. The highest BCUT2D eigenvalue weighted by molar-refractivity contribution is 6.01. The number of hydrogen-bond donors (Lipinski definition) is 1. The van der Waals surface area contributed by atoms with Gasteiger partial charge in [0.2, 0.25) is 0 Å². The molecule has 1 aromatic heterocycles. The molecule has 1 aliphatic heterocycles. The van der Waals surface area contributed by atoms with Crippen molar-refractivity contribution >= 4 is 12.0 Å². The molecule has 0 bridgehead atoms. The Morgan fingerprint density at radius 2 is 2.31 bits per heavy atom. The van der Waals surface area contributed by atoms with Gasteiger partial charge in [0.25, 0.3) is 5.91 Å². The maximum absolute atomic E-state index is 12.3. The van der Waals surface area contributed by atoms with Crippen LogP contribution in [0.25, 0.3) is 6.08 Å². The molecule has 1 saturated heterocycles. The molecule has 0 spiro atoms. The normalized spacial score (nSPS) is 19.0. The van der Waals surface area contributed by atoms with E-state index >= 15 is 0 Å². The number of nitriles is 1. The molecule has 26 heavy (non-hydrogen) atoms. The van der Waals surface area contributed by atoms with E-state index in [-0.39, 0.29) is 11.6 Å². The van der Waals surface area contributed by atoms with Crippen molar-refractivity contribution in [1.29, 1.82) is 5.26 Å². The molecule has 1 fully saturated rings. The Kier molecular flexibility index (Phi) is 7.39. The van der Waals surface area contributed by atoms with E-state index < -0.39 is 12.2 Å². The fourth-order valence-electron chi connectivity index (χ4n) is 3.23. The number of methoxy groups -OCH3 is 1. The van der Waals surface area contributed by atoms with Crippen LogP contribution in [0.5, 0.6) is 0 Å². The number of aryl methyl sites for hydroxylation is 1. The Balaban J connectivity index is 2.11. The van der Waals surface area contributed by atoms with Crippen LogP contribution < -0.4 is 5.48 Å². The first kappa shape index (κ1) is 20.2. The van der Waals surface area contributed by atoms with Crippen molar-refractivity contribution in [3.8, 4) is 6.07 Å². The minimum absolute atomic E-state index is 0.0135. The molecule has 1 amide bonds. The smallest absolute Gasteiger partial charge is 0.285 e. The predicted octanol–water partition coefficient (Wildman–Crippen LogP) is 2.79. The summed E-state index contributed by atoms with van der Waals surface area (Å²) < 4.78 is 12.8.